The summed E-state index contributed by atoms with van der Waals surface area (Å²) >= 11 is 0. The van der Waals surface area contributed by atoms with Crippen LogP contribution >= 0.6 is 0 Å². The van der Waals surface area contributed by atoms with Gasteiger partial charge in [0.15, 0.2) is 0 Å². The van der Waals surface area contributed by atoms with Crippen molar-refractivity contribution in [3.63, 3.8) is 0 Å². The summed E-state index contributed by atoms with van der Waals surface area (Å²) in [4.78, 5) is 33.7. The molecule has 0 saturated carbocycles. The highest BCUT2D eigenvalue weighted by atomic mass is 19.4. The number of nitrogens with zero attached hydrogens (tertiary/aromatic N) is 3. The fraction of sp³-hybridized carbons (Fsp3) is 0.345. The summed E-state index contributed by atoms with van der Waals surface area (Å²) in [7, 11) is 2.79. The number of fused-ring (bicyclic) bond motifs is 2. The van der Waals surface area contributed by atoms with Crippen molar-refractivity contribution in [3.05, 3.63) is 82.5 Å². The number of ether oxygens (including phenoxy) is 2. The summed E-state index contributed by atoms with van der Waals surface area (Å²) in [6.07, 6.45) is -3.58. The first kappa shape index (κ1) is 26.5. The van der Waals surface area contributed by atoms with E-state index in [1.807, 2.05) is 37.3 Å². The fourth-order valence-corrected chi connectivity index (χ4v) is 5.59. The number of anilines is 1. The minimum atomic E-state index is -4.71. The van der Waals surface area contributed by atoms with Crippen LogP contribution in [0.5, 0.6) is 11.6 Å². The molecule has 1 spiro atoms. The average Bonchev–Trinajstić information content (AvgIpc) is 3.25. The lowest BCUT2D eigenvalue weighted by molar-refractivity contribution is -0.141. The van der Waals surface area contributed by atoms with E-state index in [2.05, 4.69) is 4.98 Å². The molecule has 2 aromatic carbocycles. The molecular weight excluding hydrogens is 511 g/mol. The average molecular weight is 540 g/mol. The van der Waals surface area contributed by atoms with Crippen molar-refractivity contribution in [2.24, 2.45) is 0 Å². The molecule has 0 unspecified atom stereocenters. The molecule has 1 saturated heterocycles. The maximum atomic E-state index is 13.7. The van der Waals surface area contributed by atoms with Crippen LogP contribution in [0.3, 0.4) is 0 Å². The van der Waals surface area contributed by atoms with Crippen molar-refractivity contribution >= 4 is 17.5 Å². The number of benzene rings is 2. The predicted molar refractivity (Wildman–Crippen MR) is 138 cm³/mol. The molecule has 1 fully saturated rings. The topological polar surface area (TPSA) is 72.0 Å². The standard InChI is InChI=1S/C29H28F3N3O4/c1-18-14-20(38-2)8-9-21(18)27(37)35-17-28(22-6-4-5-7-23(22)35)10-12-34(13-11-28)26(36)19-15-24(29(30,31)32)33-25(16-19)39-3/h4-9,14-16H,10-13,17H2,1-3H3. The van der Waals surface area contributed by atoms with E-state index in [9.17, 15) is 22.8 Å². The van der Waals surface area contributed by atoms with Gasteiger partial charge in [-0.3, -0.25) is 9.59 Å². The molecule has 3 aromatic rings. The van der Waals surface area contributed by atoms with Crippen molar-refractivity contribution in [1.82, 2.24) is 9.88 Å². The van der Waals surface area contributed by atoms with E-state index >= 15 is 0 Å². The summed E-state index contributed by atoms with van der Waals surface area (Å²) in [6, 6.07) is 15.1. The van der Waals surface area contributed by atoms with Gasteiger partial charge in [-0.25, -0.2) is 4.98 Å². The Morgan fingerprint density at radius 3 is 2.31 bits per heavy atom. The lowest BCUT2D eigenvalue weighted by Crippen LogP contribution is -2.48. The molecule has 10 heteroatoms. The summed E-state index contributed by atoms with van der Waals surface area (Å²) in [5, 5.41) is 0. The number of hydrogen-bond acceptors (Lipinski definition) is 5. The van der Waals surface area contributed by atoms with Crippen molar-refractivity contribution < 1.29 is 32.2 Å². The molecule has 0 N–H and O–H groups in total. The van der Waals surface area contributed by atoms with E-state index in [1.54, 1.807) is 29.0 Å². The molecule has 39 heavy (non-hydrogen) atoms. The zero-order valence-corrected chi connectivity index (χ0v) is 21.8. The van der Waals surface area contributed by atoms with Gasteiger partial charge < -0.3 is 19.3 Å². The van der Waals surface area contributed by atoms with E-state index in [0.717, 1.165) is 22.9 Å². The van der Waals surface area contributed by atoms with E-state index in [0.29, 0.717) is 43.8 Å². The molecule has 2 amide bonds. The van der Waals surface area contributed by atoms with Gasteiger partial charge in [0.2, 0.25) is 5.88 Å². The number of rotatable bonds is 4. The largest absolute Gasteiger partial charge is 0.497 e. The number of amides is 2. The van der Waals surface area contributed by atoms with E-state index in [1.165, 1.54) is 13.2 Å². The Kier molecular flexibility index (Phi) is 6.74. The Morgan fingerprint density at radius 1 is 0.949 bits per heavy atom. The van der Waals surface area contributed by atoms with Crippen LogP contribution in [0.15, 0.2) is 54.6 Å². The van der Waals surface area contributed by atoms with Crippen LogP contribution in [0.4, 0.5) is 18.9 Å². The van der Waals surface area contributed by atoms with Gasteiger partial charge >= 0.3 is 6.18 Å². The number of methoxy groups -OCH3 is 2. The third kappa shape index (κ3) is 4.79. The molecule has 0 bridgehead atoms. The predicted octanol–water partition coefficient (Wildman–Crippen LogP) is 5.26. The summed E-state index contributed by atoms with van der Waals surface area (Å²) in [6.45, 7) is 3.00. The smallest absolute Gasteiger partial charge is 0.433 e. The zero-order valence-electron chi connectivity index (χ0n) is 21.8. The number of alkyl halides is 3. The van der Waals surface area contributed by atoms with E-state index < -0.39 is 17.8 Å². The van der Waals surface area contributed by atoms with Crippen LogP contribution in [0.1, 0.15) is 50.4 Å². The van der Waals surface area contributed by atoms with Gasteiger partial charge in [-0.15, -0.1) is 0 Å². The number of aryl methyl sites for hydroxylation is 1. The maximum absolute atomic E-state index is 13.7. The second-order valence-corrected chi connectivity index (χ2v) is 9.94. The molecule has 204 valence electrons. The normalized spacial score (nSPS) is 16.3. The number of para-hydroxylation sites is 1. The van der Waals surface area contributed by atoms with Crippen molar-refractivity contribution in [3.8, 4) is 11.6 Å². The van der Waals surface area contributed by atoms with Crippen LogP contribution in [-0.2, 0) is 11.6 Å². The van der Waals surface area contributed by atoms with Crippen LogP contribution < -0.4 is 14.4 Å². The third-order valence-corrected chi connectivity index (χ3v) is 7.69. The molecule has 2 aliphatic rings. The quantitative estimate of drug-likeness (QED) is 0.452. The molecule has 3 heterocycles. The number of piperidine rings is 1. The molecule has 0 aliphatic carbocycles. The molecule has 0 atom stereocenters. The van der Waals surface area contributed by atoms with Gasteiger partial charge in [0.05, 0.1) is 14.2 Å². The van der Waals surface area contributed by atoms with E-state index in [4.69, 9.17) is 9.47 Å². The minimum absolute atomic E-state index is 0.110. The Morgan fingerprint density at radius 2 is 1.67 bits per heavy atom. The maximum Gasteiger partial charge on any atom is 0.433 e. The monoisotopic (exact) mass is 539 g/mol. The van der Waals surface area contributed by atoms with Gasteiger partial charge in [0.1, 0.15) is 11.4 Å². The number of carbonyl (C=O) groups excluding carboxylic acids is 2. The second-order valence-electron chi connectivity index (χ2n) is 9.94. The molecular formula is C29H28F3N3O4. The highest BCUT2D eigenvalue weighted by Gasteiger charge is 2.47. The number of pyridine rings is 1. The number of aromatic nitrogens is 1. The lowest BCUT2D eigenvalue weighted by atomic mass is 9.74. The number of hydrogen-bond donors (Lipinski definition) is 0. The molecule has 7 nitrogen and oxygen atoms in total. The molecule has 1 aromatic heterocycles. The van der Waals surface area contributed by atoms with Crippen LogP contribution in [0.25, 0.3) is 0 Å². The number of halogens is 3. The minimum Gasteiger partial charge on any atom is -0.497 e. The van der Waals surface area contributed by atoms with Gasteiger partial charge in [-0.05, 0) is 61.2 Å². The number of carbonyl (C=O) groups is 2. The first-order valence-electron chi connectivity index (χ1n) is 12.5. The summed E-state index contributed by atoms with van der Waals surface area (Å²) in [5.41, 5.74) is 1.62. The summed E-state index contributed by atoms with van der Waals surface area (Å²) in [5.74, 6) is -0.214. The number of likely N-dealkylation sites (tertiary alicyclic amines) is 1. The highest BCUT2D eigenvalue weighted by molar-refractivity contribution is 6.08. The van der Waals surface area contributed by atoms with Gasteiger partial charge in [-0.2, -0.15) is 13.2 Å². The highest BCUT2D eigenvalue weighted by Crippen LogP contribution is 2.47. The Hall–Kier alpha value is -4.08. The first-order valence-corrected chi connectivity index (χ1v) is 12.5. The van der Waals surface area contributed by atoms with Crippen LogP contribution in [0, 0.1) is 6.92 Å². The van der Waals surface area contributed by atoms with Crippen molar-refractivity contribution in [1.29, 1.82) is 0 Å². The molecule has 2 aliphatic heterocycles. The fourth-order valence-electron chi connectivity index (χ4n) is 5.59. The first-order chi connectivity index (χ1) is 18.6. The van der Waals surface area contributed by atoms with Crippen LogP contribution in [0.2, 0.25) is 0 Å². The van der Waals surface area contributed by atoms with Crippen LogP contribution in [-0.4, -0.2) is 55.6 Å². The van der Waals surface area contributed by atoms with Crippen molar-refractivity contribution in [2.75, 3.05) is 38.8 Å². The Bertz CT molecular complexity index is 1430. The Labute approximate surface area is 224 Å². The van der Waals surface area contributed by atoms with E-state index in [-0.39, 0.29) is 22.8 Å². The molecule has 0 radical (unpaired) electrons. The van der Waals surface area contributed by atoms with Gasteiger partial charge in [0.25, 0.3) is 11.8 Å². The summed E-state index contributed by atoms with van der Waals surface area (Å²) < 4.78 is 50.2. The lowest BCUT2D eigenvalue weighted by Gasteiger charge is -2.40. The SMILES string of the molecule is COc1ccc(C(=O)N2CC3(CCN(C(=O)c4cc(OC)nc(C(F)(F)F)c4)CC3)c3ccccc32)c(C)c1. The van der Waals surface area contributed by atoms with Gasteiger partial charge in [-0.1, -0.05) is 18.2 Å². The van der Waals surface area contributed by atoms with Crippen molar-refractivity contribution in [2.45, 2.75) is 31.4 Å². The molecule has 5 rings (SSSR count). The van der Waals surface area contributed by atoms with Gasteiger partial charge in [0, 0.05) is 47.9 Å². The zero-order chi connectivity index (χ0) is 27.9. The Balaban J connectivity index is 1.38. The second kappa shape index (κ2) is 9.91. The third-order valence-electron chi connectivity index (χ3n) is 7.69.